The molecule has 1 heterocycles. The number of nitrogens with one attached hydrogen (secondary N) is 1. The molecule has 0 saturated carbocycles. The number of allylic oxidation sites excluding steroid dienone is 2. The Kier molecular flexibility index (Phi) is 3.18. The lowest BCUT2D eigenvalue weighted by Crippen LogP contribution is -2.29. The van der Waals surface area contributed by atoms with Gasteiger partial charge < -0.3 is 10.4 Å². The second-order valence-corrected chi connectivity index (χ2v) is 6.11. The molecule has 2 N–H and O–H groups in total. The molecule has 3 atom stereocenters. The number of para-hydroxylation sites is 1. The molecule has 0 spiro atoms. The molecule has 0 amide bonds. The number of hydrogen-bond acceptors (Lipinski definition) is 2. The third-order valence-corrected chi connectivity index (χ3v) is 4.86. The topological polar surface area (TPSA) is 49.3 Å². The maximum atomic E-state index is 14.2. The van der Waals surface area contributed by atoms with Crippen LogP contribution in [0.1, 0.15) is 39.9 Å². The molecule has 23 heavy (non-hydrogen) atoms. The number of carbonyl (C=O) groups is 1. The molecule has 3 nitrogen and oxygen atoms in total. The van der Waals surface area contributed by atoms with Crippen LogP contribution >= 0.6 is 0 Å². The second-order valence-electron chi connectivity index (χ2n) is 6.11. The zero-order valence-electron chi connectivity index (χ0n) is 12.4. The third kappa shape index (κ3) is 2.22. The number of hydrogen-bond donors (Lipinski definition) is 2. The number of aromatic carboxylic acids is 1. The summed E-state index contributed by atoms with van der Waals surface area (Å²) in [5.41, 5.74) is 2.81. The molecule has 0 aromatic heterocycles. The van der Waals surface area contributed by atoms with Crippen molar-refractivity contribution >= 4 is 11.7 Å². The van der Waals surface area contributed by atoms with Gasteiger partial charge in [-0.2, -0.15) is 0 Å². The summed E-state index contributed by atoms with van der Waals surface area (Å²) in [5, 5.41) is 12.4. The van der Waals surface area contributed by atoms with Crippen molar-refractivity contribution in [1.82, 2.24) is 0 Å². The Morgan fingerprint density at radius 3 is 2.70 bits per heavy atom. The maximum Gasteiger partial charge on any atom is 0.335 e. The SMILES string of the molecule is O=C(O)c1ccc([C@H]2Nc3c(F)cccc3[C@@H]3C=CC[C@@H]23)cc1. The smallest absolute Gasteiger partial charge is 0.335 e. The van der Waals surface area contributed by atoms with Gasteiger partial charge in [-0.3, -0.25) is 0 Å². The zero-order chi connectivity index (χ0) is 16.0. The number of benzene rings is 2. The average molecular weight is 309 g/mol. The Morgan fingerprint density at radius 1 is 1.17 bits per heavy atom. The van der Waals surface area contributed by atoms with Crippen LogP contribution in [-0.4, -0.2) is 11.1 Å². The highest BCUT2D eigenvalue weighted by Crippen LogP contribution is 2.50. The normalized spacial score (nSPS) is 24.7. The van der Waals surface area contributed by atoms with Crippen molar-refractivity contribution in [3.8, 4) is 0 Å². The summed E-state index contributed by atoms with van der Waals surface area (Å²) in [7, 11) is 0. The predicted octanol–water partition coefficient (Wildman–Crippen LogP) is 4.35. The molecule has 1 aliphatic carbocycles. The van der Waals surface area contributed by atoms with Gasteiger partial charge in [0.25, 0.3) is 0 Å². The summed E-state index contributed by atoms with van der Waals surface area (Å²) >= 11 is 0. The molecule has 0 fully saturated rings. The molecule has 0 unspecified atom stereocenters. The van der Waals surface area contributed by atoms with Crippen LogP contribution < -0.4 is 5.32 Å². The fourth-order valence-electron chi connectivity index (χ4n) is 3.75. The van der Waals surface area contributed by atoms with E-state index in [-0.39, 0.29) is 23.3 Å². The van der Waals surface area contributed by atoms with Crippen molar-refractivity contribution in [2.45, 2.75) is 18.4 Å². The number of rotatable bonds is 2. The number of carboxylic acid groups (broad SMARTS) is 1. The Morgan fingerprint density at radius 2 is 1.96 bits per heavy atom. The average Bonchev–Trinajstić information content (AvgIpc) is 3.04. The van der Waals surface area contributed by atoms with Crippen molar-refractivity contribution in [3.05, 3.63) is 77.1 Å². The van der Waals surface area contributed by atoms with E-state index in [9.17, 15) is 9.18 Å². The highest BCUT2D eigenvalue weighted by molar-refractivity contribution is 5.87. The lowest BCUT2D eigenvalue weighted by molar-refractivity contribution is 0.0697. The fraction of sp³-hybridized carbons (Fsp3) is 0.211. The van der Waals surface area contributed by atoms with E-state index in [1.165, 1.54) is 6.07 Å². The predicted molar refractivity (Wildman–Crippen MR) is 86.2 cm³/mol. The van der Waals surface area contributed by atoms with E-state index >= 15 is 0 Å². The molecule has 116 valence electrons. The van der Waals surface area contributed by atoms with Crippen LogP contribution in [0.25, 0.3) is 0 Å². The van der Waals surface area contributed by atoms with Gasteiger partial charge in [0.2, 0.25) is 0 Å². The Bertz CT molecular complexity index is 798. The van der Waals surface area contributed by atoms with E-state index in [1.807, 2.05) is 18.2 Å². The van der Waals surface area contributed by atoms with Gasteiger partial charge in [0.1, 0.15) is 5.82 Å². The fourth-order valence-corrected chi connectivity index (χ4v) is 3.75. The van der Waals surface area contributed by atoms with E-state index in [2.05, 4.69) is 17.5 Å². The molecule has 4 heteroatoms. The monoisotopic (exact) mass is 309 g/mol. The lowest BCUT2D eigenvalue weighted by atomic mass is 9.77. The van der Waals surface area contributed by atoms with Crippen molar-refractivity contribution in [1.29, 1.82) is 0 Å². The standard InChI is InChI=1S/C19H16FNO2/c20-16-6-2-5-15-13-3-1-4-14(13)17(21-18(15)16)11-7-9-12(10-8-11)19(22)23/h1-3,5-10,13-14,17,21H,4H2,(H,22,23)/t13-,14-,17-/m1/s1. The second kappa shape index (κ2) is 5.23. The molecular formula is C19H16FNO2. The molecule has 2 aromatic carbocycles. The van der Waals surface area contributed by atoms with E-state index in [4.69, 9.17) is 5.11 Å². The van der Waals surface area contributed by atoms with Crippen LogP contribution in [0, 0.1) is 11.7 Å². The van der Waals surface area contributed by atoms with Crippen molar-refractivity contribution < 1.29 is 14.3 Å². The van der Waals surface area contributed by atoms with Gasteiger partial charge in [0, 0.05) is 5.92 Å². The quantitative estimate of drug-likeness (QED) is 0.811. The van der Waals surface area contributed by atoms with Crippen molar-refractivity contribution in [3.63, 3.8) is 0 Å². The molecule has 4 rings (SSSR count). The van der Waals surface area contributed by atoms with Gasteiger partial charge in [0.15, 0.2) is 0 Å². The first-order valence-electron chi connectivity index (χ1n) is 7.70. The maximum absolute atomic E-state index is 14.2. The largest absolute Gasteiger partial charge is 0.478 e. The van der Waals surface area contributed by atoms with Crippen LogP contribution in [0.2, 0.25) is 0 Å². The third-order valence-electron chi connectivity index (χ3n) is 4.86. The zero-order valence-corrected chi connectivity index (χ0v) is 12.4. The number of fused-ring (bicyclic) bond motifs is 3. The number of carboxylic acids is 1. The van der Waals surface area contributed by atoms with E-state index < -0.39 is 5.97 Å². The molecule has 0 saturated heterocycles. The summed E-state index contributed by atoms with van der Waals surface area (Å²) in [6.07, 6.45) is 5.23. The van der Waals surface area contributed by atoms with E-state index in [0.717, 1.165) is 17.5 Å². The summed E-state index contributed by atoms with van der Waals surface area (Å²) in [4.78, 5) is 11.0. The van der Waals surface area contributed by atoms with Gasteiger partial charge in [0.05, 0.1) is 17.3 Å². The lowest BCUT2D eigenvalue weighted by Gasteiger charge is -2.37. The van der Waals surface area contributed by atoms with Gasteiger partial charge in [-0.1, -0.05) is 36.4 Å². The molecule has 2 aliphatic rings. The first kappa shape index (κ1) is 14.0. The Balaban J connectivity index is 1.75. The van der Waals surface area contributed by atoms with Gasteiger partial charge >= 0.3 is 5.97 Å². The van der Waals surface area contributed by atoms with Gasteiger partial charge in [-0.15, -0.1) is 0 Å². The molecule has 0 bridgehead atoms. The summed E-state index contributed by atoms with van der Waals surface area (Å²) in [6, 6.07) is 12.0. The minimum absolute atomic E-state index is 0.0257. The summed E-state index contributed by atoms with van der Waals surface area (Å²) < 4.78 is 14.2. The van der Waals surface area contributed by atoms with Gasteiger partial charge in [-0.05, 0) is 41.7 Å². The van der Waals surface area contributed by atoms with Crippen LogP contribution in [0.3, 0.4) is 0 Å². The summed E-state index contributed by atoms with van der Waals surface area (Å²) in [6.45, 7) is 0. The van der Waals surface area contributed by atoms with Crippen molar-refractivity contribution in [2.75, 3.05) is 5.32 Å². The Hall–Kier alpha value is -2.62. The summed E-state index contributed by atoms with van der Waals surface area (Å²) in [5.74, 6) is -0.663. The molecule has 0 radical (unpaired) electrons. The minimum atomic E-state index is -0.940. The highest BCUT2D eigenvalue weighted by Gasteiger charge is 2.38. The number of anilines is 1. The molecule has 1 aliphatic heterocycles. The van der Waals surface area contributed by atoms with E-state index in [0.29, 0.717) is 11.6 Å². The van der Waals surface area contributed by atoms with Crippen LogP contribution in [0.5, 0.6) is 0 Å². The Labute approximate surface area is 133 Å². The van der Waals surface area contributed by atoms with Gasteiger partial charge in [-0.25, -0.2) is 9.18 Å². The van der Waals surface area contributed by atoms with Crippen LogP contribution in [-0.2, 0) is 0 Å². The van der Waals surface area contributed by atoms with Crippen molar-refractivity contribution in [2.24, 2.45) is 5.92 Å². The molecular weight excluding hydrogens is 293 g/mol. The van der Waals surface area contributed by atoms with Crippen LogP contribution in [0.15, 0.2) is 54.6 Å². The minimum Gasteiger partial charge on any atom is -0.478 e. The van der Waals surface area contributed by atoms with E-state index in [1.54, 1.807) is 18.2 Å². The first-order chi connectivity index (χ1) is 11.1. The van der Waals surface area contributed by atoms with Crippen LogP contribution in [0.4, 0.5) is 10.1 Å². The number of halogens is 1. The highest BCUT2D eigenvalue weighted by atomic mass is 19.1. The molecule has 2 aromatic rings. The first-order valence-corrected chi connectivity index (χ1v) is 7.70.